The maximum absolute atomic E-state index is 12.5. The Morgan fingerprint density at radius 2 is 1.60 bits per heavy atom. The number of nitrogens with zero attached hydrogens (tertiary/aromatic N) is 1. The molecule has 0 spiro atoms. The first-order valence-electron chi connectivity index (χ1n) is 6.85. The molecule has 0 radical (unpaired) electrons. The summed E-state index contributed by atoms with van der Waals surface area (Å²) in [7, 11) is 0. The van der Waals surface area contributed by atoms with Gasteiger partial charge < -0.3 is 0 Å². The van der Waals surface area contributed by atoms with Gasteiger partial charge in [-0.15, -0.1) is 0 Å². The highest BCUT2D eigenvalue weighted by molar-refractivity contribution is 6.23. The van der Waals surface area contributed by atoms with Crippen molar-refractivity contribution in [3.63, 3.8) is 0 Å². The Hall–Kier alpha value is -2.23. The van der Waals surface area contributed by atoms with E-state index in [1.807, 2.05) is 12.2 Å². The van der Waals surface area contributed by atoms with E-state index < -0.39 is 6.04 Å². The number of carbonyl (C=O) groups is 3. The van der Waals surface area contributed by atoms with Crippen LogP contribution < -0.4 is 0 Å². The first kappa shape index (κ1) is 11.6. The highest BCUT2D eigenvalue weighted by atomic mass is 16.2. The standard InChI is InChI=1S/C16H13NO3/c18-13-8-9-5-6-10(7-9)14(13)17-15(19)11-3-1-2-4-12(11)16(17)20/h1-6,9-10,14H,7-8H2/t9-,10+,14+/m0/s1. The molecule has 4 heteroatoms. The predicted molar refractivity (Wildman–Crippen MR) is 71.1 cm³/mol. The summed E-state index contributed by atoms with van der Waals surface area (Å²) in [5, 5.41) is 0. The third-order valence-corrected chi connectivity index (χ3v) is 4.51. The molecule has 3 atom stereocenters. The minimum absolute atomic E-state index is 0.00533. The number of allylic oxidation sites excluding steroid dienone is 1. The second-order valence-electron chi connectivity index (χ2n) is 5.69. The summed E-state index contributed by atoms with van der Waals surface area (Å²) in [6.07, 6.45) is 5.33. The normalized spacial score (nSPS) is 31.1. The molecule has 1 fully saturated rings. The molecule has 2 bridgehead atoms. The van der Waals surface area contributed by atoms with Crippen LogP contribution in [0, 0.1) is 11.8 Å². The second kappa shape index (κ2) is 3.88. The van der Waals surface area contributed by atoms with Crippen LogP contribution in [0.15, 0.2) is 36.4 Å². The minimum Gasteiger partial charge on any atom is -0.297 e. The maximum Gasteiger partial charge on any atom is 0.262 e. The van der Waals surface area contributed by atoms with E-state index in [1.165, 1.54) is 4.90 Å². The van der Waals surface area contributed by atoms with Gasteiger partial charge in [-0.05, 0) is 24.5 Å². The van der Waals surface area contributed by atoms with Crippen molar-refractivity contribution < 1.29 is 14.4 Å². The van der Waals surface area contributed by atoms with E-state index >= 15 is 0 Å². The van der Waals surface area contributed by atoms with Crippen molar-refractivity contribution in [2.75, 3.05) is 0 Å². The summed E-state index contributed by atoms with van der Waals surface area (Å²) in [5.41, 5.74) is 0.823. The quantitative estimate of drug-likeness (QED) is 0.576. The van der Waals surface area contributed by atoms with E-state index in [9.17, 15) is 14.4 Å². The number of rotatable bonds is 1. The van der Waals surface area contributed by atoms with Crippen molar-refractivity contribution in [3.8, 4) is 0 Å². The molecule has 0 saturated heterocycles. The molecular formula is C16H13NO3. The van der Waals surface area contributed by atoms with E-state index in [2.05, 4.69) is 0 Å². The molecule has 1 aliphatic heterocycles. The van der Waals surface area contributed by atoms with E-state index in [0.29, 0.717) is 23.5 Å². The van der Waals surface area contributed by atoms with Crippen molar-refractivity contribution in [1.82, 2.24) is 4.90 Å². The van der Waals surface area contributed by atoms with Gasteiger partial charge in [0, 0.05) is 12.3 Å². The number of ketones is 1. The van der Waals surface area contributed by atoms with E-state index in [1.54, 1.807) is 24.3 Å². The molecule has 100 valence electrons. The number of benzene rings is 1. The summed E-state index contributed by atoms with van der Waals surface area (Å²) >= 11 is 0. The van der Waals surface area contributed by atoms with Gasteiger partial charge in [-0.1, -0.05) is 24.3 Å². The van der Waals surface area contributed by atoms with Crippen molar-refractivity contribution in [3.05, 3.63) is 47.5 Å². The third-order valence-electron chi connectivity index (χ3n) is 4.51. The summed E-state index contributed by atoms with van der Waals surface area (Å²) < 4.78 is 0. The number of hydrogen-bond acceptors (Lipinski definition) is 3. The maximum atomic E-state index is 12.5. The summed E-state index contributed by atoms with van der Waals surface area (Å²) in [6.45, 7) is 0. The number of hydrogen-bond donors (Lipinski definition) is 0. The summed E-state index contributed by atoms with van der Waals surface area (Å²) in [5.74, 6) is -0.376. The smallest absolute Gasteiger partial charge is 0.262 e. The number of imide groups is 1. The molecule has 4 nitrogen and oxygen atoms in total. The van der Waals surface area contributed by atoms with Gasteiger partial charge in [0.05, 0.1) is 11.1 Å². The van der Waals surface area contributed by atoms with Gasteiger partial charge in [0.25, 0.3) is 11.8 Å². The fourth-order valence-corrected chi connectivity index (χ4v) is 3.61. The third kappa shape index (κ3) is 1.39. The Kier molecular flexibility index (Phi) is 2.25. The Balaban J connectivity index is 1.77. The number of carbonyl (C=O) groups excluding carboxylic acids is 3. The molecule has 2 amide bonds. The van der Waals surface area contributed by atoms with Crippen LogP contribution in [0.5, 0.6) is 0 Å². The molecule has 0 N–H and O–H groups in total. The minimum atomic E-state index is -0.614. The molecule has 1 heterocycles. The van der Waals surface area contributed by atoms with Gasteiger partial charge in [-0.3, -0.25) is 19.3 Å². The van der Waals surface area contributed by atoms with E-state index in [-0.39, 0.29) is 23.5 Å². The van der Waals surface area contributed by atoms with E-state index in [4.69, 9.17) is 0 Å². The van der Waals surface area contributed by atoms with Crippen LogP contribution in [-0.2, 0) is 4.79 Å². The summed E-state index contributed by atoms with van der Waals surface area (Å²) in [6, 6.07) is 6.16. The Morgan fingerprint density at radius 1 is 0.950 bits per heavy atom. The van der Waals surface area contributed by atoms with Gasteiger partial charge in [-0.25, -0.2) is 0 Å². The highest BCUT2D eigenvalue weighted by Gasteiger charge is 2.48. The lowest BCUT2D eigenvalue weighted by molar-refractivity contribution is -0.126. The predicted octanol–water partition coefficient (Wildman–Crippen LogP) is 1.82. The lowest BCUT2D eigenvalue weighted by atomic mass is 9.82. The van der Waals surface area contributed by atoms with Crippen molar-refractivity contribution in [2.24, 2.45) is 11.8 Å². The first-order chi connectivity index (χ1) is 9.66. The SMILES string of the molecule is O=C1C[C@H]2C=C[C@H](C2)[C@H]1N1C(=O)c2ccccc2C1=O. The zero-order valence-electron chi connectivity index (χ0n) is 10.8. The van der Waals surface area contributed by atoms with Gasteiger partial charge >= 0.3 is 0 Å². The van der Waals surface area contributed by atoms with Crippen molar-refractivity contribution >= 4 is 17.6 Å². The molecular weight excluding hydrogens is 254 g/mol. The van der Waals surface area contributed by atoms with Crippen LogP contribution in [-0.4, -0.2) is 28.5 Å². The van der Waals surface area contributed by atoms with Crippen LogP contribution >= 0.6 is 0 Å². The summed E-state index contributed by atoms with van der Waals surface area (Å²) in [4.78, 5) is 38.4. The average Bonchev–Trinajstić information content (AvgIpc) is 2.94. The monoisotopic (exact) mass is 267 g/mol. The number of fused-ring (bicyclic) bond motifs is 3. The van der Waals surface area contributed by atoms with Crippen LogP contribution in [0.1, 0.15) is 33.6 Å². The lowest BCUT2D eigenvalue weighted by Crippen LogP contribution is -2.50. The molecule has 20 heavy (non-hydrogen) atoms. The zero-order valence-corrected chi connectivity index (χ0v) is 10.8. The average molecular weight is 267 g/mol. The van der Waals surface area contributed by atoms with Gasteiger partial charge in [0.1, 0.15) is 6.04 Å². The van der Waals surface area contributed by atoms with Crippen LogP contribution in [0.25, 0.3) is 0 Å². The topological polar surface area (TPSA) is 54.5 Å². The fourth-order valence-electron chi connectivity index (χ4n) is 3.61. The largest absolute Gasteiger partial charge is 0.297 e. The molecule has 1 saturated carbocycles. The van der Waals surface area contributed by atoms with Crippen LogP contribution in [0.2, 0.25) is 0 Å². The molecule has 3 aliphatic rings. The molecule has 4 rings (SSSR count). The Labute approximate surface area is 116 Å². The molecule has 0 aromatic heterocycles. The molecule has 1 aromatic rings. The van der Waals surface area contributed by atoms with E-state index in [0.717, 1.165) is 6.42 Å². The van der Waals surface area contributed by atoms with Gasteiger partial charge in [-0.2, -0.15) is 0 Å². The Bertz CT molecular complexity index is 641. The van der Waals surface area contributed by atoms with Gasteiger partial charge in [0.2, 0.25) is 0 Å². The first-order valence-corrected chi connectivity index (χ1v) is 6.85. The van der Waals surface area contributed by atoms with Crippen LogP contribution in [0.4, 0.5) is 0 Å². The van der Waals surface area contributed by atoms with Crippen molar-refractivity contribution in [2.45, 2.75) is 18.9 Å². The van der Waals surface area contributed by atoms with Gasteiger partial charge in [0.15, 0.2) is 5.78 Å². The number of Topliss-reactive ketones (excluding diaryl/α,β-unsaturated/α-hetero) is 1. The molecule has 1 aromatic carbocycles. The Morgan fingerprint density at radius 3 is 2.25 bits per heavy atom. The number of amides is 2. The second-order valence-corrected chi connectivity index (χ2v) is 5.69. The van der Waals surface area contributed by atoms with Crippen molar-refractivity contribution in [1.29, 1.82) is 0 Å². The lowest BCUT2D eigenvalue weighted by Gasteiger charge is -2.33. The molecule has 2 aliphatic carbocycles. The zero-order chi connectivity index (χ0) is 13.9. The fraction of sp³-hybridized carbons (Fsp3) is 0.312. The highest BCUT2D eigenvalue weighted by Crippen LogP contribution is 2.39. The van der Waals surface area contributed by atoms with Crippen LogP contribution in [0.3, 0.4) is 0 Å². The molecule has 0 unspecified atom stereocenters.